The lowest BCUT2D eigenvalue weighted by molar-refractivity contribution is -0.136. The zero-order chi connectivity index (χ0) is 14.4. The predicted molar refractivity (Wildman–Crippen MR) is 69.3 cm³/mol. The summed E-state index contributed by atoms with van der Waals surface area (Å²) in [5.41, 5.74) is 0.0128. The summed E-state index contributed by atoms with van der Waals surface area (Å²) in [6.45, 7) is 1.48. The minimum atomic E-state index is -0.973. The van der Waals surface area contributed by atoms with Crippen LogP contribution in [0.15, 0.2) is 18.2 Å². The molecule has 1 unspecified atom stereocenters. The Labute approximate surface area is 114 Å². The Bertz CT molecular complexity index is 478. The third-order valence-corrected chi connectivity index (χ3v) is 2.76. The van der Waals surface area contributed by atoms with Crippen LogP contribution >= 0.6 is 11.6 Å². The number of rotatable bonds is 4. The van der Waals surface area contributed by atoms with Crippen LogP contribution in [0, 0.1) is 5.82 Å². The van der Waals surface area contributed by atoms with Gasteiger partial charge in [-0.05, 0) is 24.6 Å². The first-order valence-electron chi connectivity index (χ1n) is 5.65. The summed E-state index contributed by atoms with van der Waals surface area (Å²) >= 11 is 5.75. The molecule has 0 aliphatic rings. The third-order valence-electron chi connectivity index (χ3n) is 2.43. The van der Waals surface area contributed by atoms with Crippen molar-refractivity contribution in [2.45, 2.75) is 19.4 Å². The molecular formula is C12H14ClFN2O3. The largest absolute Gasteiger partial charge is 0.394 e. The number of aliphatic hydroxyl groups excluding tert-OH is 1. The topological polar surface area (TPSA) is 78.4 Å². The highest BCUT2D eigenvalue weighted by molar-refractivity contribution is 6.41. The number of hydrogen-bond acceptors (Lipinski definition) is 3. The maximum absolute atomic E-state index is 13.0. The van der Waals surface area contributed by atoms with Crippen LogP contribution in [0.25, 0.3) is 0 Å². The molecule has 0 aromatic heterocycles. The standard InChI is InChI=1S/C12H14ClFN2O3/c1-2-8(6-17)15-11(18)12(19)16-10-5-7(14)3-4-9(10)13/h3-5,8,17H,2,6H2,1H3,(H,15,18)(H,16,19). The van der Waals surface area contributed by atoms with Crippen LogP contribution in [0.1, 0.15) is 13.3 Å². The number of aliphatic hydroxyl groups is 1. The Kier molecular flexibility index (Phi) is 5.72. The molecule has 0 fully saturated rings. The smallest absolute Gasteiger partial charge is 0.313 e. The zero-order valence-electron chi connectivity index (χ0n) is 10.2. The van der Waals surface area contributed by atoms with E-state index in [2.05, 4.69) is 10.6 Å². The molecule has 19 heavy (non-hydrogen) atoms. The molecule has 1 aromatic rings. The van der Waals surface area contributed by atoms with E-state index >= 15 is 0 Å². The molecule has 0 heterocycles. The van der Waals surface area contributed by atoms with Crippen molar-refractivity contribution in [2.75, 3.05) is 11.9 Å². The normalized spacial score (nSPS) is 11.8. The van der Waals surface area contributed by atoms with Gasteiger partial charge in [-0.25, -0.2) is 4.39 Å². The Morgan fingerprint density at radius 2 is 2.11 bits per heavy atom. The monoisotopic (exact) mass is 288 g/mol. The van der Waals surface area contributed by atoms with Crippen LogP contribution in [-0.2, 0) is 9.59 Å². The van der Waals surface area contributed by atoms with Crippen molar-refractivity contribution in [1.29, 1.82) is 0 Å². The van der Waals surface area contributed by atoms with Gasteiger partial charge in [-0.1, -0.05) is 18.5 Å². The zero-order valence-corrected chi connectivity index (χ0v) is 11.0. The van der Waals surface area contributed by atoms with Crippen molar-refractivity contribution in [2.24, 2.45) is 0 Å². The lowest BCUT2D eigenvalue weighted by Crippen LogP contribution is -2.43. The van der Waals surface area contributed by atoms with E-state index in [-0.39, 0.29) is 17.3 Å². The van der Waals surface area contributed by atoms with Gasteiger partial charge in [-0.3, -0.25) is 9.59 Å². The molecule has 0 spiro atoms. The molecule has 5 nitrogen and oxygen atoms in total. The average molecular weight is 289 g/mol. The van der Waals surface area contributed by atoms with Crippen LogP contribution in [0.3, 0.4) is 0 Å². The quantitative estimate of drug-likeness (QED) is 0.731. The minimum Gasteiger partial charge on any atom is -0.394 e. The summed E-state index contributed by atoms with van der Waals surface area (Å²) < 4.78 is 13.0. The van der Waals surface area contributed by atoms with E-state index in [1.807, 2.05) is 0 Å². The highest BCUT2D eigenvalue weighted by Crippen LogP contribution is 2.22. The fourth-order valence-corrected chi connectivity index (χ4v) is 1.46. The molecule has 3 N–H and O–H groups in total. The lowest BCUT2D eigenvalue weighted by atomic mass is 10.2. The Morgan fingerprint density at radius 1 is 1.42 bits per heavy atom. The molecule has 2 amide bonds. The Balaban J connectivity index is 2.69. The van der Waals surface area contributed by atoms with Crippen molar-refractivity contribution in [3.8, 4) is 0 Å². The van der Waals surface area contributed by atoms with Crippen LogP contribution in [-0.4, -0.2) is 29.6 Å². The van der Waals surface area contributed by atoms with Crippen LogP contribution in [0.2, 0.25) is 5.02 Å². The number of benzene rings is 1. The van der Waals surface area contributed by atoms with Crippen molar-refractivity contribution in [3.05, 3.63) is 29.0 Å². The van der Waals surface area contributed by atoms with Crippen molar-refractivity contribution in [1.82, 2.24) is 5.32 Å². The number of carbonyl (C=O) groups is 2. The second-order valence-electron chi connectivity index (χ2n) is 3.84. The Morgan fingerprint density at radius 3 is 2.68 bits per heavy atom. The van der Waals surface area contributed by atoms with E-state index < -0.39 is 23.7 Å². The maximum Gasteiger partial charge on any atom is 0.313 e. The minimum absolute atomic E-state index is 0.0128. The van der Waals surface area contributed by atoms with Gasteiger partial charge in [0.05, 0.1) is 23.4 Å². The first kappa shape index (κ1) is 15.4. The van der Waals surface area contributed by atoms with Crippen molar-refractivity contribution >= 4 is 29.1 Å². The van der Waals surface area contributed by atoms with Crippen molar-refractivity contribution in [3.63, 3.8) is 0 Å². The van der Waals surface area contributed by atoms with Gasteiger partial charge in [0.1, 0.15) is 5.82 Å². The lowest BCUT2D eigenvalue weighted by Gasteiger charge is -2.13. The van der Waals surface area contributed by atoms with Gasteiger partial charge in [0.15, 0.2) is 0 Å². The fraction of sp³-hybridized carbons (Fsp3) is 0.333. The number of anilines is 1. The van der Waals surface area contributed by atoms with Gasteiger partial charge >= 0.3 is 11.8 Å². The molecule has 0 aliphatic heterocycles. The SMILES string of the molecule is CCC(CO)NC(=O)C(=O)Nc1cc(F)ccc1Cl. The summed E-state index contributed by atoms with van der Waals surface area (Å²) in [4.78, 5) is 23.1. The number of amides is 2. The van der Waals surface area contributed by atoms with E-state index in [0.717, 1.165) is 12.1 Å². The van der Waals surface area contributed by atoms with E-state index in [1.165, 1.54) is 6.07 Å². The molecular weight excluding hydrogens is 275 g/mol. The van der Waals surface area contributed by atoms with Gasteiger partial charge in [0.25, 0.3) is 0 Å². The molecule has 0 radical (unpaired) electrons. The van der Waals surface area contributed by atoms with Crippen LogP contribution in [0.5, 0.6) is 0 Å². The summed E-state index contributed by atoms with van der Waals surface area (Å²) in [5, 5.41) is 13.6. The molecule has 104 valence electrons. The molecule has 1 rings (SSSR count). The third kappa shape index (κ3) is 4.50. The number of carbonyl (C=O) groups excluding carboxylic acids is 2. The summed E-state index contributed by atoms with van der Waals surface area (Å²) in [7, 11) is 0. The number of nitrogens with one attached hydrogen (secondary N) is 2. The molecule has 0 saturated carbocycles. The summed E-state index contributed by atoms with van der Waals surface area (Å²) in [6.07, 6.45) is 0.482. The summed E-state index contributed by atoms with van der Waals surface area (Å²) in [5.74, 6) is -2.47. The highest BCUT2D eigenvalue weighted by Gasteiger charge is 2.18. The maximum atomic E-state index is 13.0. The number of halogens is 2. The number of hydrogen-bond donors (Lipinski definition) is 3. The predicted octanol–water partition coefficient (Wildman–Crippen LogP) is 1.30. The van der Waals surface area contributed by atoms with E-state index in [1.54, 1.807) is 6.92 Å². The molecule has 0 saturated heterocycles. The van der Waals surface area contributed by atoms with Gasteiger partial charge < -0.3 is 15.7 Å². The molecule has 7 heteroatoms. The van der Waals surface area contributed by atoms with E-state index in [0.29, 0.717) is 6.42 Å². The van der Waals surface area contributed by atoms with Crippen LogP contribution < -0.4 is 10.6 Å². The molecule has 1 atom stereocenters. The van der Waals surface area contributed by atoms with Gasteiger partial charge in [0.2, 0.25) is 0 Å². The molecule has 0 bridgehead atoms. The van der Waals surface area contributed by atoms with Gasteiger partial charge in [0, 0.05) is 0 Å². The highest BCUT2D eigenvalue weighted by atomic mass is 35.5. The molecule has 1 aromatic carbocycles. The molecule has 0 aliphatic carbocycles. The second-order valence-corrected chi connectivity index (χ2v) is 4.25. The fourth-order valence-electron chi connectivity index (χ4n) is 1.30. The van der Waals surface area contributed by atoms with Crippen LogP contribution in [0.4, 0.5) is 10.1 Å². The van der Waals surface area contributed by atoms with Crippen molar-refractivity contribution < 1.29 is 19.1 Å². The summed E-state index contributed by atoms with van der Waals surface area (Å²) in [6, 6.07) is 2.92. The first-order chi connectivity index (χ1) is 8.97. The average Bonchev–Trinajstić information content (AvgIpc) is 2.39. The Hall–Kier alpha value is -1.66. The van der Waals surface area contributed by atoms with Gasteiger partial charge in [-0.2, -0.15) is 0 Å². The second kappa shape index (κ2) is 7.06. The van der Waals surface area contributed by atoms with E-state index in [4.69, 9.17) is 16.7 Å². The van der Waals surface area contributed by atoms with E-state index in [9.17, 15) is 14.0 Å². The van der Waals surface area contributed by atoms with Gasteiger partial charge in [-0.15, -0.1) is 0 Å². The first-order valence-corrected chi connectivity index (χ1v) is 6.03.